The van der Waals surface area contributed by atoms with Crippen molar-refractivity contribution in [1.82, 2.24) is 5.32 Å². The van der Waals surface area contributed by atoms with Crippen LogP contribution in [0.1, 0.15) is 40.0 Å². The summed E-state index contributed by atoms with van der Waals surface area (Å²) in [5.41, 5.74) is -1.15. The third-order valence-corrected chi connectivity index (χ3v) is 3.33. The van der Waals surface area contributed by atoms with E-state index in [0.29, 0.717) is 6.42 Å². The Balaban J connectivity index is 0. The van der Waals surface area contributed by atoms with E-state index < -0.39 is 31.5 Å². The topological polar surface area (TPSA) is 139 Å². The van der Waals surface area contributed by atoms with Gasteiger partial charge in [0.15, 0.2) is 0 Å². The summed E-state index contributed by atoms with van der Waals surface area (Å²) >= 11 is 0. The van der Waals surface area contributed by atoms with Gasteiger partial charge in [0, 0.05) is 0 Å². The quantitative estimate of drug-likeness (QED) is 0.278. The molecule has 0 aromatic heterocycles. The molecule has 0 aliphatic carbocycles. The molecule has 1 heterocycles. The molecule has 0 aromatic rings. The second kappa shape index (κ2) is 10.5. The Morgan fingerprint density at radius 3 is 2.19 bits per heavy atom. The Hall–Kier alpha value is -0.240. The monoisotopic (exact) mass is 330 g/mol. The molecule has 2 atom stereocenters. The van der Waals surface area contributed by atoms with Crippen molar-refractivity contribution in [1.29, 1.82) is 0 Å². The number of aliphatic imine (C=N–C) groups is 1. The largest absolute Gasteiger partial charge is 1.00 e. The van der Waals surface area contributed by atoms with Gasteiger partial charge in [-0.1, -0.05) is 27.2 Å². The van der Waals surface area contributed by atoms with Gasteiger partial charge < -0.3 is 20.2 Å². The second-order valence-corrected chi connectivity index (χ2v) is 5.04. The first kappa shape index (κ1) is 23.0. The molecule has 1 rings (SSSR count). The van der Waals surface area contributed by atoms with E-state index in [1.54, 1.807) is 6.92 Å². The fourth-order valence-corrected chi connectivity index (χ4v) is 2.30. The predicted molar refractivity (Wildman–Crippen MR) is 70.8 cm³/mol. The zero-order valence-corrected chi connectivity index (χ0v) is 15.7. The van der Waals surface area contributed by atoms with Crippen molar-refractivity contribution < 1.29 is 58.6 Å². The number of rotatable bonds is 4. The molecule has 0 bridgehead atoms. The summed E-state index contributed by atoms with van der Waals surface area (Å²) in [6, 6.07) is -0.845. The number of amides is 2. The van der Waals surface area contributed by atoms with Crippen molar-refractivity contribution in [3.05, 3.63) is 0 Å². The van der Waals surface area contributed by atoms with Crippen molar-refractivity contribution in [2.45, 2.75) is 40.0 Å². The van der Waals surface area contributed by atoms with E-state index in [2.05, 4.69) is 10.3 Å². The fraction of sp³-hybridized carbons (Fsp3) is 0.727. The van der Waals surface area contributed by atoms with Crippen LogP contribution in [0.25, 0.3) is 0 Å². The van der Waals surface area contributed by atoms with Gasteiger partial charge in [-0.25, -0.2) is 4.99 Å². The van der Waals surface area contributed by atoms with E-state index in [0.717, 1.165) is 12.8 Å². The SMILES string of the molecule is CCCC(C)C1(CC)C(=O)N=C([O-])NC1=O.O=[PH](O)O.[Na+]. The summed E-state index contributed by atoms with van der Waals surface area (Å²) in [6.45, 7) is 5.62. The Kier molecular flexibility index (Phi) is 11.5. The standard InChI is InChI=1S/C11H18N2O3.Na.H3O3P/c1-4-6-7(3)11(5-2)8(14)12-10(16)13-9(11)15;;1-4(2)3/h7H,4-6H2,1-3H3,(H2,12,13,14,15,16);;4H,(H2,1,2,3)/q;+1;/p-1. The molecule has 2 amide bonds. The summed E-state index contributed by atoms with van der Waals surface area (Å²) in [5, 5.41) is 13.1. The summed E-state index contributed by atoms with van der Waals surface area (Å²) in [4.78, 5) is 41.4. The zero-order chi connectivity index (χ0) is 15.9. The van der Waals surface area contributed by atoms with Crippen LogP contribution in [-0.2, 0) is 14.2 Å². The molecule has 116 valence electrons. The van der Waals surface area contributed by atoms with Gasteiger partial charge in [0.1, 0.15) is 5.41 Å². The molecular weight excluding hydrogens is 310 g/mol. The van der Waals surface area contributed by atoms with Crippen LogP contribution in [0.2, 0.25) is 0 Å². The third kappa shape index (κ3) is 6.18. The van der Waals surface area contributed by atoms with Gasteiger partial charge in [-0.15, -0.1) is 0 Å². The van der Waals surface area contributed by atoms with Crippen LogP contribution in [0.3, 0.4) is 0 Å². The van der Waals surface area contributed by atoms with Crippen LogP contribution in [-0.4, -0.2) is 27.6 Å². The van der Waals surface area contributed by atoms with Crippen LogP contribution < -0.4 is 40.0 Å². The Morgan fingerprint density at radius 2 is 1.86 bits per heavy atom. The van der Waals surface area contributed by atoms with Crippen LogP contribution in [0.4, 0.5) is 0 Å². The molecule has 1 aliphatic heterocycles. The molecule has 8 nitrogen and oxygen atoms in total. The van der Waals surface area contributed by atoms with Crippen LogP contribution >= 0.6 is 8.25 Å². The maximum atomic E-state index is 11.9. The number of hydrogen-bond acceptors (Lipinski definition) is 4. The average Bonchev–Trinajstić information content (AvgIpc) is 2.28. The average molecular weight is 330 g/mol. The minimum atomic E-state index is -3.13. The van der Waals surface area contributed by atoms with E-state index in [1.165, 1.54) is 0 Å². The van der Waals surface area contributed by atoms with Gasteiger partial charge in [-0.05, 0) is 18.8 Å². The van der Waals surface area contributed by atoms with E-state index in [1.807, 2.05) is 13.8 Å². The molecule has 10 heteroatoms. The zero-order valence-electron chi connectivity index (χ0n) is 12.7. The maximum Gasteiger partial charge on any atom is 1.00 e. The molecule has 0 saturated heterocycles. The Bertz CT molecular complexity index is 427. The first-order valence-corrected chi connectivity index (χ1v) is 7.56. The molecule has 1 aliphatic rings. The van der Waals surface area contributed by atoms with Gasteiger partial charge in [0.2, 0.25) is 5.91 Å². The first-order valence-electron chi connectivity index (χ1n) is 6.25. The van der Waals surface area contributed by atoms with Crippen LogP contribution in [0.5, 0.6) is 0 Å². The van der Waals surface area contributed by atoms with Gasteiger partial charge in [0.05, 0.1) is 6.02 Å². The van der Waals surface area contributed by atoms with Crippen LogP contribution in [0, 0.1) is 11.3 Å². The predicted octanol–water partition coefficient (Wildman–Crippen LogP) is -3.44. The Morgan fingerprint density at radius 1 is 1.38 bits per heavy atom. The summed E-state index contributed by atoms with van der Waals surface area (Å²) in [5.74, 6) is -1.20. The number of hydrogen-bond donors (Lipinski definition) is 3. The molecular formula is C11H20N2NaO6P. The summed E-state index contributed by atoms with van der Waals surface area (Å²) < 4.78 is 8.74. The van der Waals surface area contributed by atoms with Crippen molar-refractivity contribution in [3.8, 4) is 0 Å². The van der Waals surface area contributed by atoms with Crippen molar-refractivity contribution in [3.63, 3.8) is 0 Å². The number of carbonyl (C=O) groups excluding carboxylic acids is 2. The molecule has 3 N–H and O–H groups in total. The number of amidine groups is 1. The first-order chi connectivity index (χ1) is 9.22. The number of carbonyl (C=O) groups is 2. The Labute approximate surface area is 146 Å². The number of nitrogens with zero attached hydrogens (tertiary/aromatic N) is 1. The van der Waals surface area contributed by atoms with Gasteiger partial charge in [-0.2, -0.15) is 0 Å². The number of nitrogens with one attached hydrogen (secondary N) is 1. The van der Waals surface area contributed by atoms with Gasteiger partial charge in [0.25, 0.3) is 5.91 Å². The van der Waals surface area contributed by atoms with Crippen molar-refractivity contribution in [2.24, 2.45) is 16.3 Å². The molecule has 2 unspecified atom stereocenters. The summed E-state index contributed by atoms with van der Waals surface area (Å²) in [7, 11) is -3.13. The summed E-state index contributed by atoms with van der Waals surface area (Å²) in [6.07, 6.45) is 2.02. The third-order valence-electron chi connectivity index (χ3n) is 3.33. The molecule has 0 radical (unpaired) electrons. The van der Waals surface area contributed by atoms with Crippen LogP contribution in [0.15, 0.2) is 4.99 Å². The van der Waals surface area contributed by atoms with Crippen molar-refractivity contribution >= 4 is 26.1 Å². The van der Waals surface area contributed by atoms with E-state index in [-0.39, 0.29) is 35.5 Å². The molecule has 0 spiro atoms. The van der Waals surface area contributed by atoms with E-state index in [9.17, 15) is 14.7 Å². The minimum absolute atomic E-state index is 0. The maximum absolute atomic E-state index is 11.9. The van der Waals surface area contributed by atoms with E-state index >= 15 is 0 Å². The smallest absolute Gasteiger partial charge is 0.846 e. The normalized spacial score (nSPS) is 22.5. The molecule has 21 heavy (non-hydrogen) atoms. The fourth-order valence-electron chi connectivity index (χ4n) is 2.30. The van der Waals surface area contributed by atoms with E-state index in [4.69, 9.17) is 14.4 Å². The molecule has 0 fully saturated rings. The van der Waals surface area contributed by atoms with Gasteiger partial charge >= 0.3 is 37.8 Å². The molecule has 0 aromatic carbocycles. The minimum Gasteiger partial charge on any atom is -0.846 e. The van der Waals surface area contributed by atoms with Crippen molar-refractivity contribution in [2.75, 3.05) is 0 Å². The van der Waals surface area contributed by atoms with Gasteiger partial charge in [-0.3, -0.25) is 14.2 Å². The second-order valence-electron chi connectivity index (χ2n) is 4.47. The molecule has 0 saturated carbocycles.